The molecule has 98 valence electrons. The van der Waals surface area contributed by atoms with Gasteiger partial charge < -0.3 is 5.11 Å². The van der Waals surface area contributed by atoms with Crippen molar-refractivity contribution in [3.63, 3.8) is 0 Å². The Morgan fingerprint density at radius 3 is 2.22 bits per heavy atom. The molecule has 2 nitrogen and oxygen atoms in total. The molecule has 4 atom stereocenters. The van der Waals surface area contributed by atoms with Gasteiger partial charge in [-0.25, -0.2) is 0 Å². The monoisotopic (exact) mass is 245 g/mol. The van der Waals surface area contributed by atoms with Crippen LogP contribution in [0.1, 0.15) is 37.8 Å². The molecule has 0 spiro atoms. The van der Waals surface area contributed by atoms with E-state index in [2.05, 4.69) is 43.0 Å². The number of rotatable bonds is 1. The molecule has 0 aromatic heterocycles. The first kappa shape index (κ1) is 12.2. The van der Waals surface area contributed by atoms with Crippen LogP contribution in [-0.2, 0) is 13.1 Å². The minimum atomic E-state index is -0.155. The van der Waals surface area contributed by atoms with E-state index in [1.807, 2.05) is 0 Å². The van der Waals surface area contributed by atoms with Crippen molar-refractivity contribution in [2.75, 3.05) is 0 Å². The second kappa shape index (κ2) is 4.67. The van der Waals surface area contributed by atoms with Crippen LogP contribution in [0.4, 0.5) is 0 Å². The van der Waals surface area contributed by atoms with Gasteiger partial charge in [0.05, 0.1) is 6.10 Å². The second-order valence-corrected chi connectivity index (χ2v) is 6.29. The summed E-state index contributed by atoms with van der Waals surface area (Å²) in [5.74, 6) is 1.26. The highest BCUT2D eigenvalue weighted by Crippen LogP contribution is 2.36. The standard InChI is InChI=1S/C16H23NO/c1-11-7-12(2)16(15(18)8-11)17-9-13-5-3-4-6-14(13)10-17/h3-6,11-12,15-16,18H,7-10H2,1-2H3. The van der Waals surface area contributed by atoms with Crippen LogP contribution < -0.4 is 0 Å². The molecule has 18 heavy (non-hydrogen) atoms. The largest absolute Gasteiger partial charge is 0.391 e. The number of aliphatic hydroxyl groups is 1. The normalized spacial score (nSPS) is 36.6. The summed E-state index contributed by atoms with van der Waals surface area (Å²) in [6.45, 7) is 6.58. The van der Waals surface area contributed by atoms with Gasteiger partial charge in [0.15, 0.2) is 0 Å². The molecule has 1 saturated carbocycles. The van der Waals surface area contributed by atoms with Gasteiger partial charge in [-0.2, -0.15) is 0 Å². The fourth-order valence-electron chi connectivity index (χ4n) is 3.97. The lowest BCUT2D eigenvalue weighted by Crippen LogP contribution is -2.49. The first-order valence-electron chi connectivity index (χ1n) is 7.14. The minimum Gasteiger partial charge on any atom is -0.391 e. The van der Waals surface area contributed by atoms with Crippen LogP contribution in [0.25, 0.3) is 0 Å². The number of hydrogen-bond donors (Lipinski definition) is 1. The third-order valence-electron chi connectivity index (χ3n) is 4.68. The lowest BCUT2D eigenvalue weighted by Gasteiger charge is -2.42. The van der Waals surface area contributed by atoms with E-state index in [4.69, 9.17) is 0 Å². The summed E-state index contributed by atoms with van der Waals surface area (Å²) in [6, 6.07) is 9.01. The molecule has 1 aromatic rings. The van der Waals surface area contributed by atoms with Crippen LogP contribution in [0.2, 0.25) is 0 Å². The second-order valence-electron chi connectivity index (χ2n) is 6.29. The Morgan fingerprint density at radius 2 is 1.67 bits per heavy atom. The fraction of sp³-hybridized carbons (Fsp3) is 0.625. The van der Waals surface area contributed by atoms with E-state index < -0.39 is 0 Å². The Morgan fingerprint density at radius 1 is 1.06 bits per heavy atom. The van der Waals surface area contributed by atoms with Crippen LogP contribution >= 0.6 is 0 Å². The molecule has 4 unspecified atom stereocenters. The summed E-state index contributed by atoms with van der Waals surface area (Å²) in [5, 5.41) is 10.4. The first-order chi connectivity index (χ1) is 8.65. The van der Waals surface area contributed by atoms with Crippen molar-refractivity contribution in [3.05, 3.63) is 35.4 Å². The first-order valence-corrected chi connectivity index (χ1v) is 7.14. The van der Waals surface area contributed by atoms with Gasteiger partial charge in [-0.15, -0.1) is 0 Å². The topological polar surface area (TPSA) is 23.5 Å². The Balaban J connectivity index is 1.77. The van der Waals surface area contributed by atoms with Crippen molar-refractivity contribution in [3.8, 4) is 0 Å². The number of aliphatic hydroxyl groups excluding tert-OH is 1. The number of hydrogen-bond acceptors (Lipinski definition) is 2. The zero-order valence-corrected chi connectivity index (χ0v) is 11.3. The van der Waals surface area contributed by atoms with Crippen LogP contribution in [0, 0.1) is 11.8 Å². The molecule has 2 aliphatic rings. The molecule has 1 aliphatic heterocycles. The number of fused-ring (bicyclic) bond motifs is 1. The SMILES string of the molecule is CC1CC(C)C(N2Cc3ccccc3C2)C(O)C1. The molecule has 1 N–H and O–H groups in total. The number of benzene rings is 1. The molecule has 2 heteroatoms. The van der Waals surface area contributed by atoms with E-state index in [9.17, 15) is 5.11 Å². The minimum absolute atomic E-state index is 0.155. The van der Waals surface area contributed by atoms with E-state index in [0.29, 0.717) is 17.9 Å². The van der Waals surface area contributed by atoms with Crippen molar-refractivity contribution in [1.29, 1.82) is 0 Å². The van der Waals surface area contributed by atoms with Gasteiger partial charge in [0.25, 0.3) is 0 Å². The predicted molar refractivity (Wildman–Crippen MR) is 73.0 cm³/mol. The van der Waals surface area contributed by atoms with E-state index in [1.54, 1.807) is 0 Å². The Hall–Kier alpha value is -0.860. The summed E-state index contributed by atoms with van der Waals surface area (Å²) in [5.41, 5.74) is 2.88. The maximum atomic E-state index is 10.4. The zero-order chi connectivity index (χ0) is 12.7. The van der Waals surface area contributed by atoms with Crippen molar-refractivity contribution in [2.24, 2.45) is 11.8 Å². The molecule has 1 heterocycles. The van der Waals surface area contributed by atoms with Crippen LogP contribution in [0.5, 0.6) is 0 Å². The highest BCUT2D eigenvalue weighted by molar-refractivity contribution is 5.30. The molecule has 0 saturated heterocycles. The predicted octanol–water partition coefficient (Wildman–Crippen LogP) is 2.80. The van der Waals surface area contributed by atoms with Crippen molar-refractivity contribution in [2.45, 2.75) is 51.9 Å². The molecular weight excluding hydrogens is 222 g/mol. The summed E-state index contributed by atoms with van der Waals surface area (Å²) in [4.78, 5) is 2.48. The summed E-state index contributed by atoms with van der Waals surface area (Å²) >= 11 is 0. The van der Waals surface area contributed by atoms with Crippen molar-refractivity contribution in [1.82, 2.24) is 4.90 Å². The zero-order valence-electron chi connectivity index (χ0n) is 11.3. The highest BCUT2D eigenvalue weighted by Gasteiger charge is 2.38. The molecule has 0 amide bonds. The van der Waals surface area contributed by atoms with Crippen LogP contribution in [0.3, 0.4) is 0 Å². The highest BCUT2D eigenvalue weighted by atomic mass is 16.3. The van der Waals surface area contributed by atoms with Gasteiger partial charge in [-0.05, 0) is 35.8 Å². The molecule has 1 aliphatic carbocycles. The quantitative estimate of drug-likeness (QED) is 0.822. The lowest BCUT2D eigenvalue weighted by atomic mass is 9.77. The lowest BCUT2D eigenvalue weighted by molar-refractivity contribution is -0.0266. The van der Waals surface area contributed by atoms with Gasteiger partial charge >= 0.3 is 0 Å². The maximum Gasteiger partial charge on any atom is 0.0700 e. The maximum absolute atomic E-state index is 10.4. The van der Waals surface area contributed by atoms with Gasteiger partial charge in [0.2, 0.25) is 0 Å². The molecule has 1 aromatic carbocycles. The van der Waals surface area contributed by atoms with E-state index in [-0.39, 0.29) is 6.10 Å². The van der Waals surface area contributed by atoms with E-state index in [0.717, 1.165) is 19.5 Å². The molecule has 3 rings (SSSR count). The summed E-state index contributed by atoms with van der Waals surface area (Å²) in [6.07, 6.45) is 2.05. The van der Waals surface area contributed by atoms with Crippen molar-refractivity contribution >= 4 is 0 Å². The Kier molecular flexibility index (Phi) is 3.16. The third-order valence-corrected chi connectivity index (χ3v) is 4.68. The molecular formula is C16H23NO. The summed E-state index contributed by atoms with van der Waals surface area (Å²) < 4.78 is 0. The molecule has 0 radical (unpaired) electrons. The molecule has 0 bridgehead atoms. The summed E-state index contributed by atoms with van der Waals surface area (Å²) in [7, 11) is 0. The Labute approximate surface area is 110 Å². The van der Waals surface area contributed by atoms with E-state index in [1.165, 1.54) is 17.5 Å². The van der Waals surface area contributed by atoms with Crippen LogP contribution in [0.15, 0.2) is 24.3 Å². The average Bonchev–Trinajstić information content (AvgIpc) is 2.70. The van der Waals surface area contributed by atoms with Crippen molar-refractivity contribution < 1.29 is 5.11 Å². The number of nitrogens with zero attached hydrogens (tertiary/aromatic N) is 1. The van der Waals surface area contributed by atoms with Gasteiger partial charge in [0, 0.05) is 19.1 Å². The smallest absolute Gasteiger partial charge is 0.0700 e. The van der Waals surface area contributed by atoms with Crippen LogP contribution in [-0.4, -0.2) is 22.2 Å². The Bertz CT molecular complexity index is 394. The van der Waals surface area contributed by atoms with Gasteiger partial charge in [0.1, 0.15) is 0 Å². The molecule has 1 fully saturated rings. The van der Waals surface area contributed by atoms with E-state index >= 15 is 0 Å². The fourth-order valence-corrected chi connectivity index (χ4v) is 3.97. The third kappa shape index (κ3) is 2.08. The van der Waals surface area contributed by atoms with Gasteiger partial charge in [-0.3, -0.25) is 4.90 Å². The average molecular weight is 245 g/mol. The van der Waals surface area contributed by atoms with Gasteiger partial charge in [-0.1, -0.05) is 38.1 Å².